The Kier molecular flexibility index (Phi) is 6.70. The Morgan fingerprint density at radius 1 is 0.509 bits per heavy atom. The van der Waals surface area contributed by atoms with E-state index >= 15 is 0 Å². The molecule has 0 fully saturated rings. The maximum absolute atomic E-state index is 6.92. The van der Waals surface area contributed by atoms with Crippen molar-refractivity contribution in [1.29, 1.82) is 0 Å². The molecular formula is C52H34N4O. The van der Waals surface area contributed by atoms with Gasteiger partial charge < -0.3 is 4.74 Å². The van der Waals surface area contributed by atoms with Crippen molar-refractivity contribution in [2.24, 2.45) is 0 Å². The van der Waals surface area contributed by atoms with E-state index in [4.69, 9.17) is 14.7 Å². The molecule has 268 valence electrons. The zero-order valence-corrected chi connectivity index (χ0v) is 31.1. The molecule has 0 saturated carbocycles. The molecular weight excluding hydrogens is 697 g/mol. The Bertz CT molecular complexity index is 3340. The van der Waals surface area contributed by atoms with Gasteiger partial charge in [-0.3, -0.25) is 8.97 Å². The van der Waals surface area contributed by atoms with Crippen LogP contribution < -0.4 is 4.74 Å². The van der Waals surface area contributed by atoms with Gasteiger partial charge in [0.05, 0.1) is 33.5 Å². The first-order valence-electron chi connectivity index (χ1n) is 19.4. The molecule has 5 nitrogen and oxygen atoms in total. The third-order valence-corrected chi connectivity index (χ3v) is 12.0. The molecule has 0 amide bonds. The molecule has 57 heavy (non-hydrogen) atoms. The Balaban J connectivity index is 1.10. The zero-order chi connectivity index (χ0) is 37.7. The lowest BCUT2D eigenvalue weighted by atomic mass is 9.63. The molecule has 7 aromatic carbocycles. The fourth-order valence-electron chi connectivity index (χ4n) is 9.74. The topological polar surface area (TPSA) is 44.3 Å². The number of pyridine rings is 2. The predicted octanol–water partition coefficient (Wildman–Crippen LogP) is 12.6. The summed E-state index contributed by atoms with van der Waals surface area (Å²) < 4.78 is 11.6. The number of para-hydroxylation sites is 2. The van der Waals surface area contributed by atoms with Crippen molar-refractivity contribution in [3.05, 3.63) is 216 Å². The Hall–Kier alpha value is -7.50. The first kappa shape index (κ1) is 31.8. The van der Waals surface area contributed by atoms with E-state index in [1.54, 1.807) is 0 Å². The van der Waals surface area contributed by atoms with E-state index in [2.05, 4.69) is 192 Å². The summed E-state index contributed by atoms with van der Waals surface area (Å²) >= 11 is 0. The minimum Gasteiger partial charge on any atom is -0.457 e. The van der Waals surface area contributed by atoms with E-state index in [0.29, 0.717) is 0 Å². The van der Waals surface area contributed by atoms with E-state index in [1.807, 2.05) is 12.3 Å². The highest BCUT2D eigenvalue weighted by atomic mass is 16.5. The summed E-state index contributed by atoms with van der Waals surface area (Å²) in [5.74, 6) is 1.49. The minimum atomic E-state index is -0.592. The number of rotatable bonds is 5. The molecule has 0 N–H and O–H groups in total. The summed E-state index contributed by atoms with van der Waals surface area (Å²) in [6, 6.07) is 64.9. The average molecular weight is 731 g/mol. The number of imidazole rings is 1. The van der Waals surface area contributed by atoms with Crippen molar-refractivity contribution >= 4 is 49.3 Å². The number of benzene rings is 7. The van der Waals surface area contributed by atoms with Gasteiger partial charge in [-0.1, -0.05) is 133 Å². The van der Waals surface area contributed by atoms with Gasteiger partial charge in [0.1, 0.15) is 22.8 Å². The van der Waals surface area contributed by atoms with Crippen LogP contribution >= 0.6 is 0 Å². The van der Waals surface area contributed by atoms with Crippen LogP contribution in [0.3, 0.4) is 0 Å². The van der Waals surface area contributed by atoms with Gasteiger partial charge in [0.2, 0.25) is 0 Å². The Labute approximate surface area is 328 Å². The molecule has 0 spiro atoms. The number of aromatic nitrogens is 4. The highest BCUT2D eigenvalue weighted by molar-refractivity contribution is 6.13. The van der Waals surface area contributed by atoms with Gasteiger partial charge in [-0.05, 0) is 77.0 Å². The molecule has 0 saturated heterocycles. The second-order valence-electron chi connectivity index (χ2n) is 15.0. The SMILES string of the molecule is Cc1nc2c3cc(Oc4ccc5c(c4)-n4c6ncccc6c6cccc(c64)C5(c4ccccc4)c4ccccc4)ccc3c3ccccc3n2c1-c1ccccc1. The first-order valence-corrected chi connectivity index (χ1v) is 19.4. The van der Waals surface area contributed by atoms with Crippen LogP contribution in [0.5, 0.6) is 11.5 Å². The molecule has 5 heteroatoms. The molecule has 1 aliphatic rings. The zero-order valence-electron chi connectivity index (χ0n) is 31.1. The van der Waals surface area contributed by atoms with Crippen molar-refractivity contribution in [2.75, 3.05) is 0 Å². The van der Waals surface area contributed by atoms with Gasteiger partial charge in [-0.25, -0.2) is 9.97 Å². The van der Waals surface area contributed by atoms with Crippen LogP contribution in [-0.4, -0.2) is 18.9 Å². The Morgan fingerprint density at radius 2 is 1.18 bits per heavy atom. The monoisotopic (exact) mass is 730 g/mol. The summed E-state index contributed by atoms with van der Waals surface area (Å²) in [5, 5.41) is 5.65. The summed E-state index contributed by atoms with van der Waals surface area (Å²) in [7, 11) is 0. The lowest BCUT2D eigenvalue weighted by Crippen LogP contribution is -2.35. The smallest absolute Gasteiger partial charge is 0.146 e. The molecule has 0 atom stereocenters. The second kappa shape index (κ2) is 12.0. The summed E-state index contributed by atoms with van der Waals surface area (Å²) in [6.45, 7) is 2.10. The number of fused-ring (bicyclic) bond motifs is 11. The van der Waals surface area contributed by atoms with Crippen LogP contribution in [0, 0.1) is 6.92 Å². The normalized spacial score (nSPS) is 13.1. The van der Waals surface area contributed by atoms with Crippen LogP contribution in [0.2, 0.25) is 0 Å². The molecule has 1 aliphatic heterocycles. The van der Waals surface area contributed by atoms with E-state index in [-0.39, 0.29) is 0 Å². The quantitative estimate of drug-likeness (QED) is 0.166. The number of nitrogens with zero attached hydrogens (tertiary/aromatic N) is 4. The van der Waals surface area contributed by atoms with Gasteiger partial charge in [-0.15, -0.1) is 0 Å². The van der Waals surface area contributed by atoms with E-state index < -0.39 is 5.41 Å². The van der Waals surface area contributed by atoms with Gasteiger partial charge in [-0.2, -0.15) is 0 Å². The van der Waals surface area contributed by atoms with Crippen molar-refractivity contribution in [3.8, 4) is 28.4 Å². The molecule has 11 aromatic rings. The third-order valence-electron chi connectivity index (χ3n) is 12.0. The molecule has 0 unspecified atom stereocenters. The summed E-state index contributed by atoms with van der Waals surface area (Å²) in [5.41, 5.74) is 12.6. The molecule has 5 heterocycles. The highest BCUT2D eigenvalue weighted by Crippen LogP contribution is 2.54. The first-order chi connectivity index (χ1) is 28.2. The van der Waals surface area contributed by atoms with E-state index in [0.717, 1.165) is 72.6 Å². The van der Waals surface area contributed by atoms with Crippen molar-refractivity contribution < 1.29 is 4.74 Å². The van der Waals surface area contributed by atoms with Crippen LogP contribution in [-0.2, 0) is 5.41 Å². The molecule has 0 radical (unpaired) electrons. The fraction of sp³-hybridized carbons (Fsp3) is 0.0385. The number of hydrogen-bond acceptors (Lipinski definition) is 3. The highest BCUT2D eigenvalue weighted by Gasteiger charge is 2.45. The lowest BCUT2D eigenvalue weighted by Gasteiger charge is -2.41. The van der Waals surface area contributed by atoms with E-state index in [9.17, 15) is 0 Å². The van der Waals surface area contributed by atoms with Crippen molar-refractivity contribution in [2.45, 2.75) is 12.3 Å². The molecule has 0 bridgehead atoms. The minimum absolute atomic E-state index is 0.592. The number of hydrogen-bond donors (Lipinski definition) is 0. The van der Waals surface area contributed by atoms with Gasteiger partial charge in [0.25, 0.3) is 0 Å². The fourth-order valence-corrected chi connectivity index (χ4v) is 9.74. The predicted molar refractivity (Wildman–Crippen MR) is 231 cm³/mol. The van der Waals surface area contributed by atoms with Crippen LogP contribution in [0.4, 0.5) is 0 Å². The van der Waals surface area contributed by atoms with E-state index in [1.165, 1.54) is 33.0 Å². The maximum atomic E-state index is 6.92. The molecule has 4 aromatic heterocycles. The van der Waals surface area contributed by atoms with Crippen LogP contribution in [0.25, 0.3) is 66.2 Å². The van der Waals surface area contributed by atoms with Crippen molar-refractivity contribution in [1.82, 2.24) is 18.9 Å². The average Bonchev–Trinajstić information content (AvgIpc) is 3.81. The molecule has 12 rings (SSSR count). The summed E-state index contributed by atoms with van der Waals surface area (Å²) in [4.78, 5) is 10.2. The largest absolute Gasteiger partial charge is 0.457 e. The van der Waals surface area contributed by atoms with Gasteiger partial charge in [0.15, 0.2) is 0 Å². The standard InChI is InChI=1S/C52H34N4O/c1-33-48(34-15-5-2-6-16-34)55-46-25-12-11-21-40(46)39-28-26-37(31-43(39)51(55)54-33)57-38-27-29-44-47(32-38)56-49-41(42-23-14-30-53-50(42)56)22-13-24-45(49)52(44,35-17-7-3-8-18-35)36-19-9-4-10-20-36/h2-32H,1H3. The van der Waals surface area contributed by atoms with Crippen LogP contribution in [0.15, 0.2) is 188 Å². The Morgan fingerprint density at radius 3 is 1.96 bits per heavy atom. The second-order valence-corrected chi connectivity index (χ2v) is 15.0. The third kappa shape index (κ3) is 4.39. The van der Waals surface area contributed by atoms with Crippen LogP contribution in [0.1, 0.15) is 27.9 Å². The van der Waals surface area contributed by atoms with Gasteiger partial charge in [0, 0.05) is 39.4 Å². The number of ether oxygens (including phenoxy) is 1. The lowest BCUT2D eigenvalue weighted by molar-refractivity contribution is 0.482. The summed E-state index contributed by atoms with van der Waals surface area (Å²) in [6.07, 6.45) is 1.89. The van der Waals surface area contributed by atoms with Crippen molar-refractivity contribution in [3.63, 3.8) is 0 Å². The van der Waals surface area contributed by atoms with Gasteiger partial charge >= 0.3 is 0 Å². The molecule has 0 aliphatic carbocycles. The maximum Gasteiger partial charge on any atom is 0.146 e. The number of aryl methyl sites for hydroxylation is 1.